The number of anilines is 1. The molecule has 0 bridgehead atoms. The van der Waals surface area contributed by atoms with E-state index in [1.165, 1.54) is 16.6 Å². The highest BCUT2D eigenvalue weighted by molar-refractivity contribution is 6.07. The largest absolute Gasteiger partial charge is 0.508 e. The number of aryl methyl sites for hydroxylation is 1. The summed E-state index contributed by atoms with van der Waals surface area (Å²) >= 11 is 0. The first-order valence-electron chi connectivity index (χ1n) is 17.8. The summed E-state index contributed by atoms with van der Waals surface area (Å²) in [7, 11) is 0. The Balaban J connectivity index is 1.18. The number of hydrogen-bond acceptors (Lipinski definition) is 9. The van der Waals surface area contributed by atoms with Crippen molar-refractivity contribution in [2.24, 2.45) is 17.3 Å². The minimum Gasteiger partial charge on any atom is -0.508 e. The normalized spacial score (nSPS) is 24.9. The molecule has 1 aliphatic carbocycles. The molecule has 10 nitrogen and oxygen atoms in total. The van der Waals surface area contributed by atoms with Crippen LogP contribution in [0.3, 0.4) is 0 Å². The van der Waals surface area contributed by atoms with Gasteiger partial charge < -0.3 is 29.5 Å². The van der Waals surface area contributed by atoms with Gasteiger partial charge in [0.25, 0.3) is 0 Å². The van der Waals surface area contributed by atoms with E-state index in [-0.39, 0.29) is 28.4 Å². The Bertz CT molecular complexity index is 2140. The van der Waals surface area contributed by atoms with E-state index in [4.69, 9.17) is 19.4 Å². The first kappa shape index (κ1) is 31.8. The van der Waals surface area contributed by atoms with Crippen molar-refractivity contribution in [1.82, 2.24) is 24.5 Å². The van der Waals surface area contributed by atoms with Crippen molar-refractivity contribution < 1.29 is 28.5 Å². The topological polar surface area (TPSA) is 108 Å². The van der Waals surface area contributed by atoms with Crippen LogP contribution >= 0.6 is 0 Å². The zero-order chi connectivity index (χ0) is 34.4. The third kappa shape index (κ3) is 5.34. The van der Waals surface area contributed by atoms with E-state index in [1.807, 2.05) is 11.8 Å². The first-order chi connectivity index (χ1) is 24.1. The van der Waals surface area contributed by atoms with Crippen molar-refractivity contribution in [3.8, 4) is 23.0 Å². The number of benzene rings is 2. The molecule has 12 heteroatoms. The molecule has 50 heavy (non-hydrogen) atoms. The monoisotopic (exact) mass is 684 g/mol. The summed E-state index contributed by atoms with van der Waals surface area (Å²) in [4.78, 5) is 14.2. The van der Waals surface area contributed by atoms with Gasteiger partial charge in [-0.3, -0.25) is 0 Å². The lowest BCUT2D eigenvalue weighted by Crippen LogP contribution is -2.46. The first-order valence-corrected chi connectivity index (χ1v) is 17.8. The number of ether oxygens (including phenoxy) is 2. The molecule has 0 amide bonds. The lowest BCUT2D eigenvalue weighted by atomic mass is 9.94. The molecule has 3 aliphatic heterocycles. The fourth-order valence-corrected chi connectivity index (χ4v) is 8.79. The predicted molar refractivity (Wildman–Crippen MR) is 186 cm³/mol. The fourth-order valence-electron chi connectivity index (χ4n) is 8.79. The molecule has 6 heterocycles. The Labute approximate surface area is 288 Å². The lowest BCUT2D eigenvalue weighted by molar-refractivity contribution is 0.0447. The van der Waals surface area contributed by atoms with E-state index in [1.54, 1.807) is 31.3 Å². The van der Waals surface area contributed by atoms with Crippen LogP contribution in [0.15, 0.2) is 36.5 Å². The van der Waals surface area contributed by atoms with Gasteiger partial charge in [-0.25, -0.2) is 13.3 Å². The van der Waals surface area contributed by atoms with Crippen molar-refractivity contribution in [1.29, 1.82) is 0 Å². The Hall–Kier alpha value is -4.13. The average Bonchev–Trinajstić information content (AvgIpc) is 3.37. The number of pyridine rings is 1. The fraction of sp³-hybridized carbons (Fsp3) is 0.500. The van der Waals surface area contributed by atoms with Crippen LogP contribution in [0.1, 0.15) is 45.1 Å². The molecule has 262 valence electrons. The summed E-state index contributed by atoms with van der Waals surface area (Å²) in [6.07, 6.45) is 5.41. The van der Waals surface area contributed by atoms with Gasteiger partial charge in [0.05, 0.1) is 42.5 Å². The average molecular weight is 685 g/mol. The zero-order valence-corrected chi connectivity index (χ0v) is 28.5. The summed E-state index contributed by atoms with van der Waals surface area (Å²) < 4.78 is 46.3. The number of phenolic OH excluding ortho intramolecular Hbond substituents is 1. The van der Waals surface area contributed by atoms with Crippen LogP contribution in [0, 0.1) is 28.9 Å². The minimum atomic E-state index is -0.955. The lowest BCUT2D eigenvalue weighted by Gasteiger charge is -2.38. The highest BCUT2D eigenvalue weighted by atomic mass is 19.1. The van der Waals surface area contributed by atoms with E-state index in [0.29, 0.717) is 83.0 Å². The molecular weight excluding hydrogens is 642 g/mol. The number of aromatic nitrogens is 4. The number of β-amino-alcohol motifs (C(OH)–C–C–N with tert-alkyl or cyclic N) is 1. The summed E-state index contributed by atoms with van der Waals surface area (Å²) in [5.41, 5.74) is 0.422. The smallest absolute Gasteiger partial charge is 0.319 e. The number of nitrogens with zero attached hydrogens (tertiary/aromatic N) is 6. The number of likely N-dealkylation sites (tertiary alicyclic amines) is 1. The Morgan fingerprint density at radius 3 is 2.58 bits per heavy atom. The van der Waals surface area contributed by atoms with Crippen LogP contribution in [0.5, 0.6) is 11.8 Å². The maximum Gasteiger partial charge on any atom is 0.319 e. The molecule has 0 spiro atoms. The predicted octanol–water partition coefficient (Wildman–Crippen LogP) is 5.73. The van der Waals surface area contributed by atoms with E-state index >= 15 is 8.78 Å². The zero-order valence-electron chi connectivity index (χ0n) is 28.5. The molecule has 3 aromatic heterocycles. The van der Waals surface area contributed by atoms with Crippen molar-refractivity contribution in [2.45, 2.75) is 51.6 Å². The quantitative estimate of drug-likeness (QED) is 0.212. The molecule has 3 atom stereocenters. The number of aliphatic hydroxyl groups is 1. The van der Waals surface area contributed by atoms with Crippen LogP contribution < -0.4 is 9.64 Å². The Kier molecular flexibility index (Phi) is 7.45. The molecule has 1 saturated carbocycles. The molecule has 2 N–H and O–H groups in total. The molecule has 3 unspecified atom stereocenters. The van der Waals surface area contributed by atoms with Gasteiger partial charge in [-0.15, -0.1) is 0 Å². The molecule has 5 aromatic rings. The van der Waals surface area contributed by atoms with Crippen LogP contribution in [0.4, 0.5) is 14.6 Å². The number of piperidine rings is 1. The minimum absolute atomic E-state index is 0.00696. The van der Waals surface area contributed by atoms with Crippen LogP contribution in [-0.2, 0) is 11.2 Å². The summed E-state index contributed by atoms with van der Waals surface area (Å²) in [5.74, 6) is 0.518. The summed E-state index contributed by atoms with van der Waals surface area (Å²) in [6, 6.07) is 7.84. The second-order valence-corrected chi connectivity index (χ2v) is 15.4. The number of fused-ring (bicyclic) bond motifs is 5. The van der Waals surface area contributed by atoms with E-state index < -0.39 is 17.2 Å². The summed E-state index contributed by atoms with van der Waals surface area (Å²) in [5, 5.41) is 28.0. The van der Waals surface area contributed by atoms with E-state index in [9.17, 15) is 10.2 Å². The Morgan fingerprint density at radius 2 is 1.84 bits per heavy atom. The maximum absolute atomic E-state index is 17.4. The van der Waals surface area contributed by atoms with Gasteiger partial charge in [0.15, 0.2) is 5.82 Å². The van der Waals surface area contributed by atoms with Crippen molar-refractivity contribution in [2.75, 3.05) is 57.4 Å². The van der Waals surface area contributed by atoms with Crippen LogP contribution in [0.2, 0.25) is 0 Å². The maximum atomic E-state index is 17.4. The third-order valence-electron chi connectivity index (χ3n) is 11.5. The molecule has 9 rings (SSSR count). The molecule has 0 radical (unpaired) electrons. The highest BCUT2D eigenvalue weighted by Gasteiger charge is 2.48. The van der Waals surface area contributed by atoms with Crippen molar-refractivity contribution in [3.05, 3.63) is 53.7 Å². The molecule has 3 saturated heterocycles. The third-order valence-corrected chi connectivity index (χ3v) is 11.5. The second-order valence-electron chi connectivity index (χ2n) is 15.4. The number of halogens is 2. The molecule has 4 aliphatic rings. The van der Waals surface area contributed by atoms with Crippen LogP contribution in [0.25, 0.3) is 38.4 Å². The SMILES string of the molecule is CCc1c(F)ccc2cc(O)cc(-c3c(F)c4nc(OCC5(CN6CC7COCC7C6)CC5)nc(N5CCCC(C)(O)C5)c4c4ccnn34)c12. The molecule has 2 aromatic carbocycles. The van der Waals surface area contributed by atoms with Gasteiger partial charge >= 0.3 is 6.01 Å². The van der Waals surface area contributed by atoms with E-state index in [2.05, 4.69) is 10.00 Å². The van der Waals surface area contributed by atoms with Crippen molar-refractivity contribution in [3.63, 3.8) is 0 Å². The molecular formula is C38H42F2N6O4. The number of hydrogen-bond donors (Lipinski definition) is 2. The van der Waals surface area contributed by atoms with Gasteiger partial charge in [-0.1, -0.05) is 13.0 Å². The number of rotatable bonds is 8. The Morgan fingerprint density at radius 1 is 1.04 bits per heavy atom. The second kappa shape index (κ2) is 11.7. The van der Waals surface area contributed by atoms with Gasteiger partial charge in [0, 0.05) is 55.5 Å². The number of aromatic hydroxyl groups is 1. The van der Waals surface area contributed by atoms with Gasteiger partial charge in [0.2, 0.25) is 0 Å². The van der Waals surface area contributed by atoms with Gasteiger partial charge in [-0.05, 0) is 79.6 Å². The van der Waals surface area contributed by atoms with Gasteiger partial charge in [-0.2, -0.15) is 15.1 Å². The highest BCUT2D eigenvalue weighted by Crippen LogP contribution is 2.48. The molecule has 4 fully saturated rings. The number of phenols is 1. The standard InChI is InChI=1S/C38H42F2N6O4/c1-3-26-28(39)6-5-22-13-25(47)14-27(30(22)26)34-32(40)33-31(29-7-11-41-46(29)34)35(45-12-4-8-37(2,48)19-45)43-36(42-33)50-21-38(9-10-38)20-44-15-23-17-49-18-24(23)16-44/h5-7,11,13-14,23-24,47-48H,3-4,8-10,12,15-21H2,1-2H3. The van der Waals surface area contributed by atoms with Crippen LogP contribution in [-0.4, -0.2) is 92.8 Å². The summed E-state index contributed by atoms with van der Waals surface area (Å²) in [6.45, 7) is 9.70. The van der Waals surface area contributed by atoms with Gasteiger partial charge in [0.1, 0.15) is 28.6 Å². The van der Waals surface area contributed by atoms with Crippen molar-refractivity contribution >= 4 is 33.0 Å². The van der Waals surface area contributed by atoms with E-state index in [0.717, 1.165) is 52.1 Å².